The molecule has 0 unspecified atom stereocenters. The zero-order valence-corrected chi connectivity index (χ0v) is 8.66. The van der Waals surface area contributed by atoms with Crippen LogP contribution in [0.2, 0.25) is 5.15 Å². The Morgan fingerprint density at radius 3 is 2.29 bits per heavy atom. The van der Waals surface area contributed by atoms with Crippen molar-refractivity contribution in [3.05, 3.63) is 27.4 Å². The maximum Gasteiger partial charge on any atom is 0.423 e. The average molecular weight is 262 g/mol. The molecule has 10 heteroatoms. The summed E-state index contributed by atoms with van der Waals surface area (Å²) in [4.78, 5) is 34.0. The number of imide groups is 1. The van der Waals surface area contributed by atoms with Gasteiger partial charge in [0.15, 0.2) is 0 Å². The van der Waals surface area contributed by atoms with Crippen molar-refractivity contribution in [3.63, 3.8) is 0 Å². The number of nitrogens with zero attached hydrogens (tertiary/aromatic N) is 3. The van der Waals surface area contributed by atoms with Crippen molar-refractivity contribution in [2.75, 3.05) is 4.90 Å². The molecular weight excluding hydrogens is 258 g/mol. The molecule has 0 radical (unpaired) electrons. The molecule has 0 aromatic carbocycles. The number of pyridine rings is 1. The highest BCUT2D eigenvalue weighted by atomic mass is 35.5. The van der Waals surface area contributed by atoms with Crippen LogP contribution in [0.25, 0.3) is 0 Å². The number of rotatable bonds is 2. The van der Waals surface area contributed by atoms with E-state index in [0.29, 0.717) is 0 Å². The molecule has 0 fully saturated rings. The van der Waals surface area contributed by atoms with E-state index < -0.39 is 28.6 Å². The Morgan fingerprint density at radius 2 is 1.88 bits per heavy atom. The number of carboxylic acid groups (broad SMARTS) is 2. The van der Waals surface area contributed by atoms with Gasteiger partial charge in [0, 0.05) is 6.07 Å². The molecule has 90 valence electrons. The summed E-state index contributed by atoms with van der Waals surface area (Å²) in [6, 6.07) is 1.91. The van der Waals surface area contributed by atoms with Crippen LogP contribution in [0.4, 0.5) is 21.1 Å². The normalized spacial score (nSPS) is 9.71. The third kappa shape index (κ3) is 2.58. The van der Waals surface area contributed by atoms with Gasteiger partial charge < -0.3 is 10.2 Å². The Labute approximate surface area is 98.0 Å². The van der Waals surface area contributed by atoms with Crippen LogP contribution in [-0.2, 0) is 0 Å². The van der Waals surface area contributed by atoms with Gasteiger partial charge in [-0.05, 0) is 6.07 Å². The molecule has 1 heterocycles. The lowest BCUT2D eigenvalue weighted by Gasteiger charge is -2.12. The van der Waals surface area contributed by atoms with Crippen molar-refractivity contribution in [3.8, 4) is 0 Å². The van der Waals surface area contributed by atoms with E-state index in [4.69, 9.17) is 21.8 Å². The number of carbonyl (C=O) groups is 2. The first-order valence-electron chi connectivity index (χ1n) is 3.91. The Bertz CT molecular complexity index is 490. The molecular formula is C7H4ClN3O6. The van der Waals surface area contributed by atoms with Crippen LogP contribution >= 0.6 is 11.6 Å². The topological polar surface area (TPSA) is 134 Å². The molecule has 0 saturated heterocycles. The van der Waals surface area contributed by atoms with Crippen molar-refractivity contribution < 1.29 is 24.7 Å². The van der Waals surface area contributed by atoms with E-state index in [1.54, 1.807) is 0 Å². The molecule has 0 aliphatic carbocycles. The highest BCUT2D eigenvalue weighted by molar-refractivity contribution is 6.29. The SMILES string of the molecule is O=C(O)N(C(=O)O)c1nc(Cl)ccc1[N+](=O)[O-]. The molecule has 0 spiro atoms. The largest absolute Gasteiger partial charge is 0.464 e. The van der Waals surface area contributed by atoms with E-state index in [1.165, 1.54) is 0 Å². The summed E-state index contributed by atoms with van der Waals surface area (Å²) < 4.78 is 0. The lowest BCUT2D eigenvalue weighted by atomic mass is 10.4. The first-order valence-corrected chi connectivity index (χ1v) is 4.29. The van der Waals surface area contributed by atoms with E-state index in [1.807, 2.05) is 0 Å². The summed E-state index contributed by atoms with van der Waals surface area (Å²) in [6.07, 6.45) is -3.84. The Morgan fingerprint density at radius 1 is 1.35 bits per heavy atom. The molecule has 1 aromatic heterocycles. The van der Waals surface area contributed by atoms with Gasteiger partial charge in [0.05, 0.1) is 4.92 Å². The van der Waals surface area contributed by atoms with Crippen molar-refractivity contribution in [2.24, 2.45) is 0 Å². The highest BCUT2D eigenvalue weighted by Crippen LogP contribution is 2.27. The van der Waals surface area contributed by atoms with Crippen LogP contribution in [0, 0.1) is 10.1 Å². The molecule has 2 amide bonds. The van der Waals surface area contributed by atoms with Gasteiger partial charge in [-0.1, -0.05) is 11.6 Å². The first-order chi connectivity index (χ1) is 7.84. The third-order valence-electron chi connectivity index (χ3n) is 1.61. The minimum absolute atomic E-state index is 0.266. The molecule has 0 saturated carbocycles. The quantitative estimate of drug-likeness (QED) is 0.471. The average Bonchev–Trinajstić information content (AvgIpc) is 2.15. The monoisotopic (exact) mass is 261 g/mol. The fraction of sp³-hybridized carbons (Fsp3) is 0. The number of anilines is 1. The van der Waals surface area contributed by atoms with Crippen LogP contribution in [-0.4, -0.2) is 32.3 Å². The van der Waals surface area contributed by atoms with Gasteiger partial charge in [0.2, 0.25) is 5.82 Å². The third-order valence-corrected chi connectivity index (χ3v) is 1.82. The molecule has 0 aliphatic rings. The lowest BCUT2D eigenvalue weighted by Crippen LogP contribution is -2.35. The van der Waals surface area contributed by atoms with Gasteiger partial charge in [-0.25, -0.2) is 14.6 Å². The standard InChI is InChI=1S/C7H4ClN3O6/c8-4-2-1-3(11(16)17)5(9-4)10(6(12)13)7(14)15/h1-2H,(H,12,13)(H,14,15). The first kappa shape index (κ1) is 12.6. The lowest BCUT2D eigenvalue weighted by molar-refractivity contribution is -0.384. The van der Waals surface area contributed by atoms with Crippen LogP contribution < -0.4 is 4.90 Å². The van der Waals surface area contributed by atoms with Gasteiger partial charge in [0.1, 0.15) is 5.15 Å². The smallest absolute Gasteiger partial charge is 0.423 e. The van der Waals surface area contributed by atoms with Crippen LogP contribution in [0.3, 0.4) is 0 Å². The van der Waals surface area contributed by atoms with E-state index >= 15 is 0 Å². The number of halogens is 1. The van der Waals surface area contributed by atoms with Gasteiger partial charge in [0.25, 0.3) is 0 Å². The number of nitro groups is 1. The van der Waals surface area contributed by atoms with E-state index in [0.717, 1.165) is 12.1 Å². The van der Waals surface area contributed by atoms with Crippen molar-refractivity contribution in [1.82, 2.24) is 4.98 Å². The number of amides is 2. The van der Waals surface area contributed by atoms with Gasteiger partial charge in [-0.15, -0.1) is 0 Å². The maximum atomic E-state index is 10.7. The second-order valence-corrected chi connectivity index (χ2v) is 3.02. The number of aromatic nitrogens is 1. The second kappa shape index (κ2) is 4.61. The molecule has 17 heavy (non-hydrogen) atoms. The summed E-state index contributed by atoms with van der Waals surface area (Å²) in [5.41, 5.74) is -0.779. The molecule has 9 nitrogen and oxygen atoms in total. The number of hydrogen-bond acceptors (Lipinski definition) is 5. The molecule has 1 rings (SSSR count). The summed E-state index contributed by atoms with van der Waals surface area (Å²) in [5.74, 6) is -0.873. The molecule has 0 aliphatic heterocycles. The zero-order chi connectivity index (χ0) is 13.2. The summed E-state index contributed by atoms with van der Waals surface area (Å²) in [6.45, 7) is 0. The predicted molar refractivity (Wildman–Crippen MR) is 54.4 cm³/mol. The van der Waals surface area contributed by atoms with Gasteiger partial charge in [-0.3, -0.25) is 10.1 Å². The predicted octanol–water partition coefficient (Wildman–Crippen LogP) is 1.81. The summed E-state index contributed by atoms with van der Waals surface area (Å²) in [5, 5.41) is 27.6. The summed E-state index contributed by atoms with van der Waals surface area (Å²) in [7, 11) is 0. The fourth-order valence-electron chi connectivity index (χ4n) is 0.988. The van der Waals surface area contributed by atoms with Crippen LogP contribution in [0.1, 0.15) is 0 Å². The van der Waals surface area contributed by atoms with Crippen LogP contribution in [0.5, 0.6) is 0 Å². The second-order valence-electron chi connectivity index (χ2n) is 2.63. The van der Waals surface area contributed by atoms with E-state index in [-0.39, 0.29) is 10.1 Å². The highest BCUT2D eigenvalue weighted by Gasteiger charge is 2.31. The zero-order valence-electron chi connectivity index (χ0n) is 7.90. The van der Waals surface area contributed by atoms with E-state index in [2.05, 4.69) is 4.98 Å². The molecule has 1 aromatic rings. The molecule has 0 bridgehead atoms. The van der Waals surface area contributed by atoms with Gasteiger partial charge in [-0.2, -0.15) is 4.90 Å². The van der Waals surface area contributed by atoms with Crippen molar-refractivity contribution in [2.45, 2.75) is 0 Å². The minimum Gasteiger partial charge on any atom is -0.464 e. The Balaban J connectivity index is 3.45. The van der Waals surface area contributed by atoms with Crippen molar-refractivity contribution >= 4 is 35.3 Å². The maximum absolute atomic E-state index is 10.7. The fourth-order valence-corrected chi connectivity index (χ4v) is 1.13. The van der Waals surface area contributed by atoms with Gasteiger partial charge >= 0.3 is 17.9 Å². The van der Waals surface area contributed by atoms with E-state index in [9.17, 15) is 19.7 Å². The molecule has 2 N–H and O–H groups in total. The summed E-state index contributed by atoms with van der Waals surface area (Å²) >= 11 is 5.43. The Kier molecular flexibility index (Phi) is 3.43. The van der Waals surface area contributed by atoms with Crippen LogP contribution in [0.15, 0.2) is 12.1 Å². The van der Waals surface area contributed by atoms with Crippen molar-refractivity contribution in [1.29, 1.82) is 0 Å². The molecule has 0 atom stereocenters. The Hall–Kier alpha value is -2.42. The number of hydrogen-bond donors (Lipinski definition) is 2. The minimum atomic E-state index is -1.92.